The van der Waals surface area contributed by atoms with Crippen molar-refractivity contribution in [3.63, 3.8) is 0 Å². The van der Waals surface area contributed by atoms with Gasteiger partial charge in [0, 0.05) is 87.6 Å². The van der Waals surface area contributed by atoms with Gasteiger partial charge in [-0.3, -0.25) is 0 Å². The Hall–Kier alpha value is -11.0. The standard InChI is InChI=1S/2C32H18N8O3S.2O.U/c2*41-44(42,43)23-15-7-14-22-24(23)32-39-30-21-13-6-5-12-20(21)28(37-30)35-26-17-9-2-1-8-16(17)25(33-26)34-27-18-10-3-4-11-19(18)29(36-27)38-31(22)40-32;;;/h2*1-15H,(H,41,42,43)(H2,33,34,35,36,37,38,39,40);;;/q;;;;+2/p-2. The fourth-order valence-corrected chi connectivity index (χ4v) is 13.1. The first kappa shape index (κ1) is 55.3. The topological polar surface area (TPSA) is 366 Å². The number of hydrogen-bond donors (Lipinski definition) is 4. The Bertz CT molecular complexity index is 5810. The molecule has 8 aromatic carbocycles. The van der Waals surface area contributed by atoms with Crippen molar-refractivity contribution in [2.24, 2.45) is 0 Å². The first-order valence-electron chi connectivity index (χ1n) is 27.6. The Kier molecular flexibility index (Phi) is 13.0. The van der Waals surface area contributed by atoms with E-state index in [-0.39, 0.29) is 22.1 Å². The van der Waals surface area contributed by atoms with Crippen LogP contribution < -0.4 is 0 Å². The first-order valence-corrected chi connectivity index (χ1v) is 33.9. The van der Waals surface area contributed by atoms with Crippen LogP contribution in [0.1, 0.15) is 0 Å². The minimum atomic E-state index is -4.87. The molecule has 0 unspecified atom stereocenters. The Balaban J connectivity index is 0.000000139. The van der Waals surface area contributed by atoms with Crippen molar-refractivity contribution in [1.82, 2.24) is 79.7 Å². The van der Waals surface area contributed by atoms with Gasteiger partial charge in [-0.2, -0.15) is 0 Å². The van der Waals surface area contributed by atoms with Gasteiger partial charge in [-0.15, -0.1) is 0 Å². The summed E-state index contributed by atoms with van der Waals surface area (Å²) in [5.41, 5.74) is 9.09. The number of nitrogens with zero attached hydrogens (tertiary/aromatic N) is 12. The molecule has 24 nitrogen and oxygen atoms in total. The van der Waals surface area contributed by atoms with Gasteiger partial charge in [0.2, 0.25) is 0 Å². The molecular weight excluding hydrogens is 1420 g/mol. The average molecular weight is 1460 g/mol. The summed E-state index contributed by atoms with van der Waals surface area (Å²) in [5, 5.41) is 4.49. The summed E-state index contributed by atoms with van der Waals surface area (Å²) in [5.74, 6) is 3.09. The van der Waals surface area contributed by atoms with Crippen molar-refractivity contribution < 1.29 is 58.2 Å². The summed E-state index contributed by atoms with van der Waals surface area (Å²) >= 11 is -2.51. The zero-order valence-electron chi connectivity index (χ0n) is 46.3. The second-order valence-electron chi connectivity index (χ2n) is 20.8. The number of H-pyrrole nitrogens is 4. The predicted octanol–water partition coefficient (Wildman–Crippen LogP) is 11.3. The maximum atomic E-state index is 12.4. The third-order valence-electron chi connectivity index (χ3n) is 15.6. The van der Waals surface area contributed by atoms with E-state index in [1.54, 1.807) is 12.1 Å². The molecule has 0 fully saturated rings. The third kappa shape index (κ3) is 9.41. The molecule has 91 heavy (non-hydrogen) atoms. The zero-order chi connectivity index (χ0) is 61.9. The van der Waals surface area contributed by atoms with Crippen molar-refractivity contribution in [3.8, 4) is 91.1 Å². The number of rotatable bonds is 2. The van der Waals surface area contributed by atoms with Crippen LogP contribution in [0.4, 0.5) is 0 Å². The van der Waals surface area contributed by atoms with Crippen LogP contribution in [-0.2, 0) is 24.7 Å². The Labute approximate surface area is 525 Å². The number of aromatic nitrogens is 16. The molecular formula is C64H34N16O8S2U. The maximum absolute atomic E-state index is 12.4. The minimum absolute atomic E-state index is 0.122. The van der Waals surface area contributed by atoms with E-state index in [0.717, 1.165) is 54.9 Å². The second kappa shape index (κ2) is 21.3. The van der Waals surface area contributed by atoms with Gasteiger partial charge >= 0.3 is 32.3 Å². The van der Waals surface area contributed by atoms with E-state index < -0.39 is 57.8 Å². The van der Waals surface area contributed by atoms with E-state index in [0.29, 0.717) is 102 Å². The number of fused-ring (bicyclic) bond motifs is 40. The van der Waals surface area contributed by atoms with Crippen LogP contribution in [-0.4, -0.2) is 106 Å². The van der Waals surface area contributed by atoms with E-state index in [2.05, 4.69) is 19.9 Å². The fraction of sp³-hybridized carbons (Fsp3) is 0. The molecule has 10 heterocycles. The summed E-state index contributed by atoms with van der Waals surface area (Å²) in [6, 6.07) is 54.7. The van der Waals surface area contributed by atoms with Crippen molar-refractivity contribution >= 4 is 109 Å². The van der Waals surface area contributed by atoms with Crippen LogP contribution in [0.5, 0.6) is 0 Å². The average Bonchev–Trinajstić information content (AvgIpc) is 1.63. The fourth-order valence-electron chi connectivity index (χ4n) is 11.7. The monoisotopic (exact) mass is 1460 g/mol. The summed E-state index contributed by atoms with van der Waals surface area (Å²) in [4.78, 5) is 70.4. The SMILES string of the molecule is O=S(=O)([O-])c1cccc2c3nc4nc(nc5[nH]c(nc6nc(nc([nH]3)c12)-c1ccccc1-6)c1ccccc51)-c1ccccc1-4.O=S(=O)([O-])c1cccc2c3nc4nc(nc5[nH]c(nc6nc(nc([nH]3)c12)-c1ccccc1-6)c1ccccc51)-c1ccccc1-4.[O]=[U+2]=[O]. The van der Waals surface area contributed by atoms with Gasteiger partial charge in [-0.05, 0) is 12.1 Å². The van der Waals surface area contributed by atoms with Crippen LogP contribution in [0, 0.1) is 27.8 Å². The first-order chi connectivity index (χ1) is 44.3. The molecule has 4 aliphatic heterocycles. The number of aromatic amines is 4. The van der Waals surface area contributed by atoms with Crippen LogP contribution in [0.25, 0.3) is 179 Å². The van der Waals surface area contributed by atoms with E-state index in [9.17, 15) is 25.9 Å². The van der Waals surface area contributed by atoms with E-state index in [1.807, 2.05) is 146 Å². The summed E-state index contributed by atoms with van der Waals surface area (Å²) < 4.78 is 91.6. The van der Waals surface area contributed by atoms with Crippen LogP contribution in [0.15, 0.2) is 192 Å². The van der Waals surface area contributed by atoms with Crippen molar-refractivity contribution in [2.75, 3.05) is 0 Å². The van der Waals surface area contributed by atoms with E-state index >= 15 is 0 Å². The molecule has 0 amide bonds. The van der Waals surface area contributed by atoms with Gasteiger partial charge in [0.1, 0.15) is 65.4 Å². The molecule has 16 bridgehead atoms. The summed E-state index contributed by atoms with van der Waals surface area (Å²) in [6.45, 7) is 0. The van der Waals surface area contributed by atoms with Crippen LogP contribution >= 0.6 is 0 Å². The molecule has 6 aromatic heterocycles. The third-order valence-corrected chi connectivity index (χ3v) is 17.4. The Morgan fingerprint density at radius 2 is 0.440 bits per heavy atom. The van der Waals surface area contributed by atoms with E-state index in [1.165, 1.54) is 24.3 Å². The van der Waals surface area contributed by atoms with Gasteiger partial charge in [-0.1, -0.05) is 170 Å². The van der Waals surface area contributed by atoms with E-state index in [4.69, 9.17) is 64.3 Å². The summed E-state index contributed by atoms with van der Waals surface area (Å²) in [6.07, 6.45) is 0. The van der Waals surface area contributed by atoms with Crippen molar-refractivity contribution in [2.45, 2.75) is 9.79 Å². The molecule has 0 spiro atoms. The summed E-state index contributed by atoms with van der Waals surface area (Å²) in [7, 11) is -9.73. The second-order valence-corrected chi connectivity index (χ2v) is 24.2. The molecule has 0 atom stereocenters. The molecule has 4 aliphatic rings. The molecule has 4 N–H and O–H groups in total. The molecule has 0 saturated heterocycles. The number of nitrogens with one attached hydrogen (secondary N) is 4. The normalized spacial score (nSPS) is 12.1. The Morgan fingerprint density at radius 3 is 0.670 bits per heavy atom. The molecule has 434 valence electrons. The van der Waals surface area contributed by atoms with Gasteiger partial charge in [-0.25, -0.2) is 76.6 Å². The molecule has 14 aromatic rings. The van der Waals surface area contributed by atoms with Crippen LogP contribution in [0.3, 0.4) is 0 Å². The number of benzene rings is 8. The molecule has 0 radical (unpaired) electrons. The molecule has 27 heteroatoms. The van der Waals surface area contributed by atoms with Gasteiger partial charge in [0.05, 0.1) is 9.79 Å². The van der Waals surface area contributed by atoms with Gasteiger partial charge in [0.15, 0.2) is 46.6 Å². The van der Waals surface area contributed by atoms with Crippen LogP contribution in [0.2, 0.25) is 0 Å². The molecule has 18 rings (SSSR count). The molecule has 0 aliphatic carbocycles. The van der Waals surface area contributed by atoms with Crippen molar-refractivity contribution in [1.29, 1.82) is 0 Å². The van der Waals surface area contributed by atoms with Gasteiger partial charge in [0.25, 0.3) is 0 Å². The van der Waals surface area contributed by atoms with Gasteiger partial charge < -0.3 is 29.0 Å². The zero-order valence-corrected chi connectivity index (χ0v) is 52.1. The Morgan fingerprint density at radius 1 is 0.253 bits per heavy atom. The predicted molar refractivity (Wildman–Crippen MR) is 329 cm³/mol. The van der Waals surface area contributed by atoms with Crippen molar-refractivity contribution in [3.05, 3.63) is 182 Å². The molecule has 0 saturated carbocycles. The number of hydrogen-bond acceptors (Lipinski definition) is 20. The quantitative estimate of drug-likeness (QED) is 0.117.